The minimum Gasteiger partial charge on any atom is -0.355 e. The summed E-state index contributed by atoms with van der Waals surface area (Å²) in [6.45, 7) is 7.72. The molecule has 1 aromatic heterocycles. The highest BCUT2D eigenvalue weighted by Crippen LogP contribution is 2.04. The van der Waals surface area contributed by atoms with E-state index >= 15 is 0 Å². The summed E-state index contributed by atoms with van der Waals surface area (Å²) in [4.78, 5) is 21.7. The van der Waals surface area contributed by atoms with E-state index in [4.69, 9.17) is 0 Å². The Morgan fingerprint density at radius 1 is 1.37 bits per heavy atom. The number of nitrogens with zero attached hydrogens (tertiary/aromatic N) is 3. The molecule has 1 aromatic rings. The molecule has 6 nitrogen and oxygen atoms in total. The fourth-order valence-corrected chi connectivity index (χ4v) is 1.50. The van der Waals surface area contributed by atoms with Crippen molar-refractivity contribution in [2.24, 2.45) is 0 Å². The summed E-state index contributed by atoms with van der Waals surface area (Å²) in [6.07, 6.45) is 3.57. The third-order valence-corrected chi connectivity index (χ3v) is 2.50. The van der Waals surface area contributed by atoms with Gasteiger partial charge in [0, 0.05) is 44.1 Å². The van der Waals surface area contributed by atoms with E-state index in [1.807, 2.05) is 6.92 Å². The predicted octanol–water partition coefficient (Wildman–Crippen LogP) is 0.547. The van der Waals surface area contributed by atoms with Gasteiger partial charge in [-0.2, -0.15) is 0 Å². The van der Waals surface area contributed by atoms with Crippen LogP contribution in [0.25, 0.3) is 0 Å². The lowest BCUT2D eigenvalue weighted by Gasteiger charge is -2.16. The number of carbonyl (C=O) groups is 1. The van der Waals surface area contributed by atoms with Crippen molar-refractivity contribution < 1.29 is 4.79 Å². The van der Waals surface area contributed by atoms with E-state index in [2.05, 4.69) is 34.4 Å². The number of aromatic nitrogens is 2. The van der Waals surface area contributed by atoms with Crippen LogP contribution in [0.2, 0.25) is 0 Å². The van der Waals surface area contributed by atoms with Crippen molar-refractivity contribution in [3.8, 4) is 0 Å². The average Bonchev–Trinajstić information content (AvgIpc) is 2.37. The first-order valence-electron chi connectivity index (χ1n) is 6.55. The van der Waals surface area contributed by atoms with Crippen molar-refractivity contribution in [3.63, 3.8) is 0 Å². The molecule has 0 spiro atoms. The van der Waals surface area contributed by atoms with Crippen molar-refractivity contribution in [3.05, 3.63) is 18.0 Å². The van der Waals surface area contributed by atoms with Gasteiger partial charge in [-0.3, -0.25) is 4.79 Å². The van der Waals surface area contributed by atoms with E-state index < -0.39 is 0 Å². The molecule has 0 aliphatic carbocycles. The molecule has 0 aromatic carbocycles. The first kappa shape index (κ1) is 15.4. The van der Waals surface area contributed by atoms with E-state index in [1.165, 1.54) is 0 Å². The molecule has 1 heterocycles. The Labute approximate surface area is 114 Å². The van der Waals surface area contributed by atoms with E-state index in [1.54, 1.807) is 24.3 Å². The van der Waals surface area contributed by atoms with Crippen molar-refractivity contribution >= 4 is 11.9 Å². The third kappa shape index (κ3) is 5.65. The highest BCUT2D eigenvalue weighted by molar-refractivity contribution is 5.80. The van der Waals surface area contributed by atoms with Gasteiger partial charge in [-0.15, -0.1) is 0 Å². The standard InChI is InChI=1S/C13H23N5O/c1-5-14-12(19)9-18(4)13-16-7-11(8-17-13)6-15-10(2)3/h7-8,10,15H,5-6,9H2,1-4H3,(H,14,19). The van der Waals surface area contributed by atoms with Crippen LogP contribution < -0.4 is 15.5 Å². The molecule has 0 radical (unpaired) electrons. The lowest BCUT2D eigenvalue weighted by molar-refractivity contribution is -0.119. The van der Waals surface area contributed by atoms with Crippen LogP contribution >= 0.6 is 0 Å². The summed E-state index contributed by atoms with van der Waals surface area (Å²) >= 11 is 0. The van der Waals surface area contributed by atoms with Gasteiger partial charge in [0.1, 0.15) is 0 Å². The largest absolute Gasteiger partial charge is 0.355 e. The van der Waals surface area contributed by atoms with Crippen molar-refractivity contribution in [1.82, 2.24) is 20.6 Å². The van der Waals surface area contributed by atoms with E-state index in [0.29, 0.717) is 18.5 Å². The molecule has 6 heteroatoms. The Balaban J connectivity index is 2.52. The van der Waals surface area contributed by atoms with Crippen LogP contribution in [0.3, 0.4) is 0 Å². The van der Waals surface area contributed by atoms with Gasteiger partial charge >= 0.3 is 0 Å². The Kier molecular flexibility index (Phi) is 6.21. The Morgan fingerprint density at radius 2 is 2.00 bits per heavy atom. The minimum atomic E-state index is -0.0286. The Bertz CT molecular complexity index is 391. The van der Waals surface area contributed by atoms with Crippen molar-refractivity contribution in [2.45, 2.75) is 33.4 Å². The van der Waals surface area contributed by atoms with Gasteiger partial charge in [-0.1, -0.05) is 13.8 Å². The van der Waals surface area contributed by atoms with Crippen LogP contribution in [0.5, 0.6) is 0 Å². The highest BCUT2D eigenvalue weighted by Gasteiger charge is 2.08. The number of nitrogens with one attached hydrogen (secondary N) is 2. The normalized spacial score (nSPS) is 10.6. The lowest BCUT2D eigenvalue weighted by atomic mass is 10.3. The fraction of sp³-hybridized carbons (Fsp3) is 0.615. The summed E-state index contributed by atoms with van der Waals surface area (Å²) in [5, 5.41) is 6.05. The van der Waals surface area contributed by atoms with Gasteiger partial charge in [-0.25, -0.2) is 9.97 Å². The zero-order valence-corrected chi connectivity index (χ0v) is 12.1. The fourth-order valence-electron chi connectivity index (χ4n) is 1.50. The van der Waals surface area contributed by atoms with Crippen molar-refractivity contribution in [2.75, 3.05) is 25.0 Å². The number of anilines is 1. The lowest BCUT2D eigenvalue weighted by Crippen LogP contribution is -2.35. The summed E-state index contributed by atoms with van der Waals surface area (Å²) in [5.41, 5.74) is 1.03. The van der Waals surface area contributed by atoms with Crippen LogP contribution in [0.1, 0.15) is 26.3 Å². The highest BCUT2D eigenvalue weighted by atomic mass is 16.2. The number of carbonyl (C=O) groups excluding carboxylic acids is 1. The molecule has 19 heavy (non-hydrogen) atoms. The summed E-state index contributed by atoms with van der Waals surface area (Å²) in [6, 6.07) is 0.431. The van der Waals surface area contributed by atoms with Crippen LogP contribution in [-0.2, 0) is 11.3 Å². The molecule has 0 fully saturated rings. The monoisotopic (exact) mass is 265 g/mol. The van der Waals surface area contributed by atoms with E-state index in [9.17, 15) is 4.79 Å². The summed E-state index contributed by atoms with van der Waals surface area (Å²) in [7, 11) is 1.80. The molecule has 0 aliphatic rings. The van der Waals surface area contributed by atoms with Gasteiger partial charge in [0.2, 0.25) is 11.9 Å². The second kappa shape index (κ2) is 7.68. The van der Waals surface area contributed by atoms with Crippen LogP contribution in [0.15, 0.2) is 12.4 Å². The second-order valence-corrected chi connectivity index (χ2v) is 4.74. The number of hydrogen-bond acceptors (Lipinski definition) is 5. The maximum Gasteiger partial charge on any atom is 0.239 e. The van der Waals surface area contributed by atoms with Crippen LogP contribution in [0.4, 0.5) is 5.95 Å². The minimum absolute atomic E-state index is 0.0286. The van der Waals surface area contributed by atoms with Gasteiger partial charge in [0.05, 0.1) is 6.54 Å². The number of likely N-dealkylation sites (N-methyl/N-ethyl adjacent to an activating group) is 2. The van der Waals surface area contributed by atoms with E-state index in [0.717, 1.165) is 12.1 Å². The topological polar surface area (TPSA) is 70.2 Å². The average molecular weight is 265 g/mol. The molecule has 1 amide bonds. The van der Waals surface area contributed by atoms with Crippen LogP contribution in [0, 0.1) is 0 Å². The molecular formula is C13H23N5O. The molecular weight excluding hydrogens is 242 g/mol. The second-order valence-electron chi connectivity index (χ2n) is 4.74. The molecule has 0 atom stereocenters. The first-order chi connectivity index (χ1) is 9.02. The zero-order valence-electron chi connectivity index (χ0n) is 12.1. The first-order valence-corrected chi connectivity index (χ1v) is 6.55. The van der Waals surface area contributed by atoms with E-state index in [-0.39, 0.29) is 12.5 Å². The van der Waals surface area contributed by atoms with Gasteiger partial charge < -0.3 is 15.5 Å². The van der Waals surface area contributed by atoms with Crippen LogP contribution in [-0.4, -0.2) is 42.1 Å². The number of rotatable bonds is 7. The van der Waals surface area contributed by atoms with Gasteiger partial charge in [-0.05, 0) is 6.92 Å². The molecule has 0 aliphatic heterocycles. The molecule has 0 saturated carbocycles. The third-order valence-electron chi connectivity index (χ3n) is 2.50. The quantitative estimate of drug-likeness (QED) is 0.753. The molecule has 106 valence electrons. The number of amides is 1. The van der Waals surface area contributed by atoms with Gasteiger partial charge in [0.15, 0.2) is 0 Å². The Hall–Kier alpha value is -1.69. The maximum absolute atomic E-state index is 11.5. The predicted molar refractivity (Wildman–Crippen MR) is 76.0 cm³/mol. The smallest absolute Gasteiger partial charge is 0.239 e. The van der Waals surface area contributed by atoms with Gasteiger partial charge in [0.25, 0.3) is 0 Å². The summed E-state index contributed by atoms with van der Waals surface area (Å²) in [5.74, 6) is 0.527. The molecule has 2 N–H and O–H groups in total. The molecule has 0 bridgehead atoms. The maximum atomic E-state index is 11.5. The molecule has 0 unspecified atom stereocenters. The molecule has 0 saturated heterocycles. The SMILES string of the molecule is CCNC(=O)CN(C)c1ncc(CNC(C)C)cn1. The summed E-state index contributed by atoms with van der Waals surface area (Å²) < 4.78 is 0. The molecule has 1 rings (SSSR count). The van der Waals surface area contributed by atoms with Crippen molar-refractivity contribution in [1.29, 1.82) is 0 Å². The number of hydrogen-bond donors (Lipinski definition) is 2. The zero-order chi connectivity index (χ0) is 14.3. The Morgan fingerprint density at radius 3 is 2.53 bits per heavy atom.